The summed E-state index contributed by atoms with van der Waals surface area (Å²) in [7, 11) is 0. The average molecular weight is 451 g/mol. The minimum atomic E-state index is -0.188. The highest BCUT2D eigenvalue weighted by atomic mass is 79.9. The Morgan fingerprint density at radius 2 is 1.57 bits per heavy atom. The van der Waals surface area contributed by atoms with Crippen LogP contribution in [-0.4, -0.2) is 78.4 Å². The Bertz CT molecular complexity index is 651. The van der Waals surface area contributed by atoms with Crippen molar-refractivity contribution in [2.75, 3.05) is 51.1 Å². The molecule has 1 atom stereocenters. The summed E-state index contributed by atoms with van der Waals surface area (Å²) >= 11 is 3.40. The van der Waals surface area contributed by atoms with Gasteiger partial charge in [0, 0.05) is 49.4 Å². The maximum absolute atomic E-state index is 12.6. The molecule has 154 valence electrons. The van der Waals surface area contributed by atoms with Gasteiger partial charge in [-0.2, -0.15) is 0 Å². The molecule has 0 radical (unpaired) electrons. The molecule has 2 aliphatic rings. The number of halogens is 1. The summed E-state index contributed by atoms with van der Waals surface area (Å²) in [5.41, 5.74) is 0.807. The van der Waals surface area contributed by atoms with Gasteiger partial charge in [0.1, 0.15) is 0 Å². The van der Waals surface area contributed by atoms with E-state index < -0.39 is 0 Å². The number of rotatable bonds is 5. The SMILES string of the molecule is C[C@H](C(=O)Nc1ccc(Br)cc1)N1CCN(CC(=O)N2CCCCCC2)CC1. The van der Waals surface area contributed by atoms with Crippen molar-refractivity contribution in [3.63, 3.8) is 0 Å². The van der Waals surface area contributed by atoms with Crippen molar-refractivity contribution >= 4 is 33.4 Å². The van der Waals surface area contributed by atoms with E-state index in [-0.39, 0.29) is 17.9 Å². The third kappa shape index (κ3) is 6.03. The Morgan fingerprint density at radius 1 is 0.964 bits per heavy atom. The van der Waals surface area contributed by atoms with Crippen LogP contribution in [0.25, 0.3) is 0 Å². The highest BCUT2D eigenvalue weighted by Gasteiger charge is 2.27. The predicted octanol–water partition coefficient (Wildman–Crippen LogP) is 2.80. The van der Waals surface area contributed by atoms with Crippen molar-refractivity contribution in [1.29, 1.82) is 0 Å². The fraction of sp³-hybridized carbons (Fsp3) is 0.619. The minimum absolute atomic E-state index is 0.0106. The fourth-order valence-electron chi connectivity index (χ4n) is 3.87. The molecule has 2 aliphatic heterocycles. The first-order valence-corrected chi connectivity index (χ1v) is 11.1. The van der Waals surface area contributed by atoms with Crippen LogP contribution in [0.2, 0.25) is 0 Å². The van der Waals surface area contributed by atoms with Gasteiger partial charge in [0.05, 0.1) is 12.6 Å². The van der Waals surface area contributed by atoms with Crippen molar-refractivity contribution in [2.24, 2.45) is 0 Å². The first kappa shape index (κ1) is 21.3. The summed E-state index contributed by atoms with van der Waals surface area (Å²) in [6, 6.07) is 7.43. The Kier molecular flexibility index (Phi) is 7.88. The number of amides is 2. The topological polar surface area (TPSA) is 55.9 Å². The quantitative estimate of drug-likeness (QED) is 0.748. The van der Waals surface area contributed by atoms with Gasteiger partial charge in [-0.05, 0) is 44.0 Å². The summed E-state index contributed by atoms with van der Waals surface area (Å²) in [6.07, 6.45) is 4.74. The third-order valence-electron chi connectivity index (χ3n) is 5.76. The molecular formula is C21H31BrN4O2. The Labute approximate surface area is 176 Å². The number of carbonyl (C=O) groups excluding carboxylic acids is 2. The second-order valence-corrected chi connectivity index (χ2v) is 8.69. The van der Waals surface area contributed by atoms with E-state index in [1.807, 2.05) is 36.1 Å². The maximum atomic E-state index is 12.6. The van der Waals surface area contributed by atoms with Crippen molar-refractivity contribution in [1.82, 2.24) is 14.7 Å². The minimum Gasteiger partial charge on any atom is -0.342 e. The normalized spacial score (nSPS) is 20.4. The molecule has 6 nitrogen and oxygen atoms in total. The van der Waals surface area contributed by atoms with Crippen LogP contribution >= 0.6 is 15.9 Å². The van der Waals surface area contributed by atoms with E-state index in [9.17, 15) is 9.59 Å². The summed E-state index contributed by atoms with van der Waals surface area (Å²) in [5, 5.41) is 2.98. The van der Waals surface area contributed by atoms with Gasteiger partial charge in [-0.1, -0.05) is 28.8 Å². The van der Waals surface area contributed by atoms with Gasteiger partial charge >= 0.3 is 0 Å². The first-order valence-electron chi connectivity index (χ1n) is 10.3. The van der Waals surface area contributed by atoms with Crippen LogP contribution in [-0.2, 0) is 9.59 Å². The van der Waals surface area contributed by atoms with Gasteiger partial charge in [0.2, 0.25) is 11.8 Å². The average Bonchev–Trinajstić information content (AvgIpc) is 2.99. The van der Waals surface area contributed by atoms with Gasteiger partial charge in [-0.15, -0.1) is 0 Å². The van der Waals surface area contributed by atoms with Crippen LogP contribution in [0.15, 0.2) is 28.7 Å². The molecule has 0 bridgehead atoms. The second kappa shape index (κ2) is 10.4. The summed E-state index contributed by atoms with van der Waals surface area (Å²) < 4.78 is 0.990. The molecule has 0 unspecified atom stereocenters. The molecule has 1 N–H and O–H groups in total. The molecule has 2 heterocycles. The zero-order valence-electron chi connectivity index (χ0n) is 16.7. The number of nitrogens with one attached hydrogen (secondary N) is 1. The van der Waals surface area contributed by atoms with Crippen LogP contribution in [0.1, 0.15) is 32.6 Å². The maximum Gasteiger partial charge on any atom is 0.241 e. The second-order valence-electron chi connectivity index (χ2n) is 7.78. The molecule has 0 aromatic heterocycles. The lowest BCUT2D eigenvalue weighted by atomic mass is 10.2. The number of hydrogen-bond donors (Lipinski definition) is 1. The van der Waals surface area contributed by atoms with Crippen LogP contribution in [0.3, 0.4) is 0 Å². The van der Waals surface area contributed by atoms with Gasteiger partial charge < -0.3 is 10.2 Å². The van der Waals surface area contributed by atoms with Gasteiger partial charge in [0.25, 0.3) is 0 Å². The molecule has 2 fully saturated rings. The van der Waals surface area contributed by atoms with E-state index in [0.717, 1.165) is 62.3 Å². The number of carbonyl (C=O) groups is 2. The molecule has 2 amide bonds. The van der Waals surface area contributed by atoms with Crippen LogP contribution < -0.4 is 5.32 Å². The van der Waals surface area contributed by atoms with Gasteiger partial charge in [-0.3, -0.25) is 19.4 Å². The first-order chi connectivity index (χ1) is 13.5. The lowest BCUT2D eigenvalue weighted by molar-refractivity contribution is -0.133. The molecule has 2 saturated heterocycles. The number of anilines is 1. The largest absolute Gasteiger partial charge is 0.342 e. The van der Waals surface area contributed by atoms with Crippen molar-refractivity contribution in [2.45, 2.75) is 38.6 Å². The van der Waals surface area contributed by atoms with Crippen molar-refractivity contribution in [3.8, 4) is 0 Å². The number of benzene rings is 1. The van der Waals surface area contributed by atoms with E-state index in [1.54, 1.807) is 0 Å². The van der Waals surface area contributed by atoms with Gasteiger partial charge in [-0.25, -0.2) is 0 Å². The number of likely N-dealkylation sites (tertiary alicyclic amines) is 1. The number of nitrogens with zero attached hydrogens (tertiary/aromatic N) is 3. The third-order valence-corrected chi connectivity index (χ3v) is 6.29. The monoisotopic (exact) mass is 450 g/mol. The summed E-state index contributed by atoms with van der Waals surface area (Å²) in [5.74, 6) is 0.271. The molecule has 0 saturated carbocycles. The summed E-state index contributed by atoms with van der Waals surface area (Å²) in [4.78, 5) is 31.6. The molecule has 1 aromatic carbocycles. The number of piperazine rings is 1. The Hall–Kier alpha value is -1.44. The van der Waals surface area contributed by atoms with Crippen molar-refractivity contribution in [3.05, 3.63) is 28.7 Å². The Morgan fingerprint density at radius 3 is 2.18 bits per heavy atom. The van der Waals surface area contributed by atoms with Crippen LogP contribution in [0, 0.1) is 0 Å². The van der Waals surface area contributed by atoms with Gasteiger partial charge in [0.15, 0.2) is 0 Å². The standard InChI is InChI=1S/C21H31BrN4O2/c1-17(21(28)23-19-8-6-18(22)7-9-19)25-14-12-24(13-15-25)16-20(27)26-10-4-2-3-5-11-26/h6-9,17H,2-5,10-16H2,1H3,(H,23,28)/t17-/m1/s1. The zero-order chi connectivity index (χ0) is 19.9. The van der Waals surface area contributed by atoms with E-state index in [2.05, 4.69) is 31.0 Å². The van der Waals surface area contributed by atoms with Crippen LogP contribution in [0.4, 0.5) is 5.69 Å². The molecule has 0 spiro atoms. The summed E-state index contributed by atoms with van der Waals surface area (Å²) in [6.45, 7) is 7.55. The lowest BCUT2D eigenvalue weighted by Gasteiger charge is -2.37. The Balaban J connectivity index is 1.43. The molecular weight excluding hydrogens is 420 g/mol. The van der Waals surface area contributed by atoms with E-state index >= 15 is 0 Å². The van der Waals surface area contributed by atoms with Crippen molar-refractivity contribution < 1.29 is 9.59 Å². The smallest absolute Gasteiger partial charge is 0.241 e. The highest BCUT2D eigenvalue weighted by molar-refractivity contribution is 9.10. The number of hydrogen-bond acceptors (Lipinski definition) is 4. The highest BCUT2D eigenvalue weighted by Crippen LogP contribution is 2.16. The molecule has 3 rings (SSSR count). The molecule has 0 aliphatic carbocycles. The predicted molar refractivity (Wildman–Crippen MR) is 115 cm³/mol. The lowest BCUT2D eigenvalue weighted by Crippen LogP contribution is -2.54. The zero-order valence-corrected chi connectivity index (χ0v) is 18.3. The molecule has 7 heteroatoms. The van der Waals surface area contributed by atoms with E-state index in [1.165, 1.54) is 12.8 Å². The fourth-order valence-corrected chi connectivity index (χ4v) is 4.13. The van der Waals surface area contributed by atoms with Crippen LogP contribution in [0.5, 0.6) is 0 Å². The molecule has 1 aromatic rings. The van der Waals surface area contributed by atoms with E-state index in [4.69, 9.17) is 0 Å². The van der Waals surface area contributed by atoms with E-state index in [0.29, 0.717) is 6.54 Å². The molecule has 28 heavy (non-hydrogen) atoms.